The third-order valence-electron chi connectivity index (χ3n) is 3.53. The van der Waals surface area contributed by atoms with E-state index < -0.39 is 0 Å². The van der Waals surface area contributed by atoms with Gasteiger partial charge in [-0.3, -0.25) is 0 Å². The number of aliphatic hydroxyl groups excluding tert-OH is 1. The molecule has 0 atom stereocenters. The Labute approximate surface area is 139 Å². The minimum absolute atomic E-state index is 0.0951. The summed E-state index contributed by atoms with van der Waals surface area (Å²) >= 11 is 5.37. The van der Waals surface area contributed by atoms with Gasteiger partial charge < -0.3 is 25.5 Å². The second-order valence-corrected chi connectivity index (χ2v) is 5.40. The Morgan fingerprint density at radius 2 is 1.87 bits per heavy atom. The highest BCUT2D eigenvalue weighted by Crippen LogP contribution is 2.28. The molecule has 0 aliphatic rings. The summed E-state index contributed by atoms with van der Waals surface area (Å²) in [7, 11) is 1.63. The van der Waals surface area contributed by atoms with Gasteiger partial charge in [-0.2, -0.15) is 0 Å². The van der Waals surface area contributed by atoms with Gasteiger partial charge in [0.1, 0.15) is 5.75 Å². The van der Waals surface area contributed by atoms with E-state index >= 15 is 0 Å². The van der Waals surface area contributed by atoms with Crippen LogP contribution in [-0.2, 0) is 6.61 Å². The maximum Gasteiger partial charge on any atom is 0.175 e. The van der Waals surface area contributed by atoms with E-state index in [9.17, 15) is 5.11 Å². The molecule has 0 aliphatic heterocycles. The van der Waals surface area contributed by atoms with Gasteiger partial charge in [0.15, 0.2) is 5.11 Å². The molecule has 4 N–H and O–H groups in total. The van der Waals surface area contributed by atoms with Crippen LogP contribution in [0.5, 0.6) is 5.75 Å². The van der Waals surface area contributed by atoms with Crippen LogP contribution in [0.1, 0.15) is 5.69 Å². The summed E-state index contributed by atoms with van der Waals surface area (Å²) in [5.41, 5.74) is 3.29. The maximum absolute atomic E-state index is 9.53. The third-order valence-corrected chi connectivity index (χ3v) is 3.73. The molecule has 0 spiro atoms. The second-order valence-electron chi connectivity index (χ2n) is 4.99. The van der Waals surface area contributed by atoms with Crippen molar-refractivity contribution in [2.24, 2.45) is 0 Å². The average molecular weight is 327 g/mol. The third kappa shape index (κ3) is 3.28. The van der Waals surface area contributed by atoms with Crippen LogP contribution < -0.4 is 15.4 Å². The fraction of sp³-hybridized carbons (Fsp3) is 0.118. The highest BCUT2D eigenvalue weighted by Gasteiger charge is 2.11. The zero-order valence-electron chi connectivity index (χ0n) is 12.6. The summed E-state index contributed by atoms with van der Waals surface area (Å²) < 4.78 is 5.13. The minimum atomic E-state index is -0.0951. The summed E-state index contributed by atoms with van der Waals surface area (Å²) in [6.07, 6.45) is 0. The van der Waals surface area contributed by atoms with E-state index in [2.05, 4.69) is 15.6 Å². The lowest BCUT2D eigenvalue weighted by Crippen LogP contribution is -2.19. The van der Waals surface area contributed by atoms with Crippen molar-refractivity contribution in [3.05, 3.63) is 54.2 Å². The van der Waals surface area contributed by atoms with E-state index in [1.54, 1.807) is 7.11 Å². The van der Waals surface area contributed by atoms with Gasteiger partial charge in [-0.1, -0.05) is 18.2 Å². The Bertz CT molecular complexity index is 827. The van der Waals surface area contributed by atoms with Crippen LogP contribution in [0.15, 0.2) is 48.5 Å². The predicted molar refractivity (Wildman–Crippen MR) is 97.1 cm³/mol. The Morgan fingerprint density at radius 3 is 2.57 bits per heavy atom. The van der Waals surface area contributed by atoms with Crippen molar-refractivity contribution in [2.75, 3.05) is 17.7 Å². The Balaban J connectivity index is 1.79. The first-order chi connectivity index (χ1) is 11.2. The zero-order valence-corrected chi connectivity index (χ0v) is 13.4. The van der Waals surface area contributed by atoms with E-state index in [1.165, 1.54) is 0 Å². The van der Waals surface area contributed by atoms with Crippen LogP contribution in [0.2, 0.25) is 0 Å². The Kier molecular flexibility index (Phi) is 4.45. The molecule has 3 aromatic rings. The molecule has 0 saturated heterocycles. The van der Waals surface area contributed by atoms with Gasteiger partial charge in [0, 0.05) is 16.6 Å². The van der Waals surface area contributed by atoms with Crippen molar-refractivity contribution in [2.45, 2.75) is 6.61 Å². The number of hydrogen-bond donors (Lipinski definition) is 4. The number of H-pyrrole nitrogens is 1. The lowest BCUT2D eigenvalue weighted by Gasteiger charge is -2.11. The smallest absolute Gasteiger partial charge is 0.175 e. The van der Waals surface area contributed by atoms with Crippen molar-refractivity contribution in [1.82, 2.24) is 4.98 Å². The molecular weight excluding hydrogens is 310 g/mol. The first-order valence-corrected chi connectivity index (χ1v) is 7.54. The van der Waals surface area contributed by atoms with Gasteiger partial charge in [0.05, 0.1) is 25.1 Å². The number of aromatic nitrogens is 1. The number of ether oxygens (including phenoxy) is 1. The number of aromatic amines is 1. The normalized spacial score (nSPS) is 10.5. The van der Waals surface area contributed by atoms with E-state index in [4.69, 9.17) is 17.0 Å². The summed E-state index contributed by atoms with van der Waals surface area (Å²) in [5.74, 6) is 0.786. The number of benzene rings is 2. The molecule has 6 heteroatoms. The number of nitrogens with one attached hydrogen (secondary N) is 3. The van der Waals surface area contributed by atoms with Crippen molar-refractivity contribution in [3.8, 4) is 5.75 Å². The van der Waals surface area contributed by atoms with E-state index in [-0.39, 0.29) is 6.61 Å². The predicted octanol–water partition coefficient (Wildman–Crippen LogP) is 3.48. The Hall–Kier alpha value is -2.57. The number of anilines is 2. The van der Waals surface area contributed by atoms with E-state index in [1.807, 2.05) is 48.5 Å². The number of thiocarbonyl (C=S) groups is 1. The van der Waals surface area contributed by atoms with Crippen molar-refractivity contribution in [1.29, 1.82) is 0 Å². The van der Waals surface area contributed by atoms with Crippen LogP contribution in [0.25, 0.3) is 10.9 Å². The van der Waals surface area contributed by atoms with Gasteiger partial charge in [-0.15, -0.1) is 0 Å². The van der Waals surface area contributed by atoms with Gasteiger partial charge in [0.25, 0.3) is 0 Å². The van der Waals surface area contributed by atoms with Gasteiger partial charge in [-0.05, 0) is 42.5 Å². The van der Waals surface area contributed by atoms with Crippen LogP contribution in [0.4, 0.5) is 11.4 Å². The van der Waals surface area contributed by atoms with Gasteiger partial charge in [-0.25, -0.2) is 0 Å². The summed E-state index contributed by atoms with van der Waals surface area (Å²) in [4.78, 5) is 3.18. The first kappa shape index (κ1) is 15.3. The van der Waals surface area contributed by atoms with Crippen molar-refractivity contribution >= 4 is 39.6 Å². The van der Waals surface area contributed by atoms with Crippen LogP contribution >= 0.6 is 12.2 Å². The number of aliphatic hydroxyl groups is 1. The molecular formula is C17H17N3O2S. The molecule has 0 radical (unpaired) electrons. The van der Waals surface area contributed by atoms with Gasteiger partial charge >= 0.3 is 0 Å². The maximum atomic E-state index is 9.53. The largest absolute Gasteiger partial charge is 0.497 e. The number of methoxy groups -OCH3 is 1. The lowest BCUT2D eigenvalue weighted by atomic mass is 10.2. The number of para-hydroxylation sites is 1. The molecule has 0 aliphatic carbocycles. The topological polar surface area (TPSA) is 69.3 Å². The molecule has 1 aromatic heterocycles. The average Bonchev–Trinajstić information content (AvgIpc) is 2.93. The fourth-order valence-electron chi connectivity index (χ4n) is 2.41. The van der Waals surface area contributed by atoms with E-state index in [0.717, 1.165) is 28.0 Å². The van der Waals surface area contributed by atoms with Crippen LogP contribution in [-0.4, -0.2) is 22.3 Å². The molecule has 0 saturated carbocycles. The Morgan fingerprint density at radius 1 is 1.13 bits per heavy atom. The SMILES string of the molecule is COc1ccc(NC(=S)Nc2c(CO)[nH]c3ccccc23)cc1. The molecule has 1 heterocycles. The minimum Gasteiger partial charge on any atom is -0.497 e. The monoisotopic (exact) mass is 327 g/mol. The molecule has 2 aromatic carbocycles. The highest BCUT2D eigenvalue weighted by molar-refractivity contribution is 7.80. The van der Waals surface area contributed by atoms with Crippen molar-refractivity contribution < 1.29 is 9.84 Å². The molecule has 0 amide bonds. The quantitative estimate of drug-likeness (QED) is 0.552. The van der Waals surface area contributed by atoms with Crippen LogP contribution in [0.3, 0.4) is 0 Å². The van der Waals surface area contributed by atoms with Crippen LogP contribution in [0, 0.1) is 0 Å². The first-order valence-electron chi connectivity index (χ1n) is 7.13. The molecule has 23 heavy (non-hydrogen) atoms. The second kappa shape index (κ2) is 6.68. The molecule has 3 rings (SSSR count). The molecule has 0 unspecified atom stereocenters. The molecule has 5 nitrogen and oxygen atoms in total. The number of hydrogen-bond acceptors (Lipinski definition) is 3. The summed E-state index contributed by atoms with van der Waals surface area (Å²) in [6.45, 7) is -0.0951. The standard InChI is InChI=1S/C17H17N3O2S/c1-22-12-8-6-11(7-9-12)18-17(23)20-16-13-4-2-3-5-14(13)19-15(16)10-21/h2-9,19,21H,10H2,1H3,(H2,18,20,23). The molecule has 0 fully saturated rings. The van der Waals surface area contributed by atoms with E-state index in [0.29, 0.717) is 10.8 Å². The summed E-state index contributed by atoms with van der Waals surface area (Å²) in [5, 5.41) is 17.2. The summed E-state index contributed by atoms with van der Waals surface area (Å²) in [6, 6.07) is 15.3. The fourth-order valence-corrected chi connectivity index (χ4v) is 2.63. The highest BCUT2D eigenvalue weighted by atomic mass is 32.1. The van der Waals surface area contributed by atoms with Gasteiger partial charge in [0.2, 0.25) is 0 Å². The number of fused-ring (bicyclic) bond motifs is 1. The molecule has 0 bridgehead atoms. The lowest BCUT2D eigenvalue weighted by molar-refractivity contribution is 0.278. The zero-order chi connectivity index (χ0) is 16.2. The van der Waals surface area contributed by atoms with Crippen molar-refractivity contribution in [3.63, 3.8) is 0 Å². The molecule has 118 valence electrons. The number of rotatable bonds is 4.